The Labute approximate surface area is 196 Å². The number of carbonyl (C=O) groups excluding carboxylic acids is 1. The van der Waals surface area contributed by atoms with Crippen molar-refractivity contribution >= 4 is 51.7 Å². The minimum absolute atomic E-state index is 0.0796. The Morgan fingerprint density at radius 3 is 2.52 bits per heavy atom. The summed E-state index contributed by atoms with van der Waals surface area (Å²) in [5.74, 6) is 0.845. The number of hydrogen-bond donors (Lipinski definition) is 0. The van der Waals surface area contributed by atoms with E-state index < -0.39 is 0 Å². The third kappa shape index (κ3) is 4.70. The van der Waals surface area contributed by atoms with Gasteiger partial charge in [-0.25, -0.2) is 4.98 Å². The minimum atomic E-state index is -0.386. The molecule has 5 nitrogen and oxygen atoms in total. The van der Waals surface area contributed by atoms with Crippen LogP contribution in [0, 0.1) is 0 Å². The van der Waals surface area contributed by atoms with Gasteiger partial charge in [-0.05, 0) is 30.2 Å². The van der Waals surface area contributed by atoms with Crippen molar-refractivity contribution in [3.63, 3.8) is 0 Å². The van der Waals surface area contributed by atoms with Gasteiger partial charge in [0.1, 0.15) is 11.9 Å². The molecule has 4 rings (SSSR count). The standard InChI is InChI=1S/C23H24Cl3N3O2/c1-2-5-20(23(30)28-8-10-31-11-9-28)29-21-14-18(26)17(25)13-19(21)27-22(29)12-15-6-3-4-7-16(15)24/h3-4,6-7,13-14,20H,2,5,8-12H2,1H3/t20-/m0/s1. The molecule has 0 aliphatic carbocycles. The smallest absolute Gasteiger partial charge is 0.245 e. The van der Waals surface area contributed by atoms with E-state index in [-0.39, 0.29) is 11.9 Å². The molecule has 0 bridgehead atoms. The fraction of sp³-hybridized carbons (Fsp3) is 0.391. The summed E-state index contributed by atoms with van der Waals surface area (Å²) in [5, 5.41) is 1.55. The number of fused-ring (bicyclic) bond motifs is 1. The number of benzene rings is 2. The number of carbonyl (C=O) groups is 1. The first-order chi connectivity index (χ1) is 15.0. The molecule has 0 spiro atoms. The lowest BCUT2D eigenvalue weighted by Gasteiger charge is -2.31. The van der Waals surface area contributed by atoms with Crippen molar-refractivity contribution in [3.8, 4) is 0 Å². The van der Waals surface area contributed by atoms with E-state index in [0.29, 0.717) is 59.7 Å². The summed E-state index contributed by atoms with van der Waals surface area (Å²) < 4.78 is 7.47. The molecule has 1 aromatic heterocycles. The Morgan fingerprint density at radius 2 is 1.81 bits per heavy atom. The molecule has 2 heterocycles. The molecule has 1 saturated heterocycles. The van der Waals surface area contributed by atoms with Crippen LogP contribution in [-0.4, -0.2) is 46.7 Å². The van der Waals surface area contributed by atoms with Gasteiger partial charge in [0.05, 0.1) is 34.3 Å². The van der Waals surface area contributed by atoms with Crippen LogP contribution in [0.3, 0.4) is 0 Å². The van der Waals surface area contributed by atoms with Crippen molar-refractivity contribution in [2.24, 2.45) is 0 Å². The van der Waals surface area contributed by atoms with Crippen molar-refractivity contribution in [2.75, 3.05) is 26.3 Å². The van der Waals surface area contributed by atoms with Crippen molar-refractivity contribution in [3.05, 3.63) is 62.9 Å². The third-order valence-corrected chi connectivity index (χ3v) is 6.68. The first-order valence-electron chi connectivity index (χ1n) is 10.5. The van der Waals surface area contributed by atoms with E-state index in [0.717, 1.165) is 23.3 Å². The number of hydrogen-bond acceptors (Lipinski definition) is 3. The van der Waals surface area contributed by atoms with Gasteiger partial charge in [-0.2, -0.15) is 0 Å². The Morgan fingerprint density at radius 1 is 1.10 bits per heavy atom. The van der Waals surface area contributed by atoms with E-state index in [9.17, 15) is 4.79 Å². The molecule has 0 saturated carbocycles. The molecule has 8 heteroatoms. The summed E-state index contributed by atoms with van der Waals surface area (Å²) >= 11 is 19.1. The van der Waals surface area contributed by atoms with Gasteiger partial charge in [-0.15, -0.1) is 0 Å². The number of imidazole rings is 1. The normalized spacial score (nSPS) is 15.4. The second kappa shape index (κ2) is 9.78. The van der Waals surface area contributed by atoms with Gasteiger partial charge in [-0.1, -0.05) is 66.3 Å². The van der Waals surface area contributed by atoms with E-state index in [4.69, 9.17) is 44.5 Å². The quantitative estimate of drug-likeness (QED) is 0.449. The molecule has 3 aromatic rings. The van der Waals surface area contributed by atoms with Crippen LogP contribution in [0.25, 0.3) is 11.0 Å². The molecule has 1 fully saturated rings. The molecule has 2 aromatic carbocycles. The summed E-state index contributed by atoms with van der Waals surface area (Å²) in [4.78, 5) is 20.3. The van der Waals surface area contributed by atoms with E-state index in [1.165, 1.54) is 0 Å². The predicted octanol–water partition coefficient (Wildman–Crippen LogP) is 5.79. The Bertz CT molecular complexity index is 1090. The number of ether oxygens (including phenoxy) is 1. The van der Waals surface area contributed by atoms with E-state index in [1.807, 2.05) is 33.7 Å². The van der Waals surface area contributed by atoms with Crippen molar-refractivity contribution in [2.45, 2.75) is 32.2 Å². The Hall–Kier alpha value is -1.79. The zero-order chi connectivity index (χ0) is 22.0. The largest absolute Gasteiger partial charge is 0.378 e. The summed E-state index contributed by atoms with van der Waals surface area (Å²) in [6.07, 6.45) is 2.05. The second-order valence-corrected chi connectivity index (χ2v) is 8.88. The number of morpholine rings is 1. The van der Waals surface area contributed by atoms with E-state index in [1.54, 1.807) is 12.1 Å². The van der Waals surface area contributed by atoms with E-state index >= 15 is 0 Å². The van der Waals surface area contributed by atoms with Crippen LogP contribution in [0.15, 0.2) is 36.4 Å². The molecular weight excluding hydrogens is 457 g/mol. The summed E-state index contributed by atoms with van der Waals surface area (Å²) in [6.45, 7) is 4.39. The number of halogens is 3. The van der Waals surface area contributed by atoms with Gasteiger partial charge in [0, 0.05) is 24.5 Å². The summed E-state index contributed by atoms with van der Waals surface area (Å²) in [7, 11) is 0. The molecule has 164 valence electrons. The number of rotatable bonds is 6. The molecule has 1 atom stereocenters. The lowest BCUT2D eigenvalue weighted by atomic mass is 10.1. The van der Waals surface area contributed by atoms with Gasteiger partial charge in [0.2, 0.25) is 5.91 Å². The summed E-state index contributed by atoms with van der Waals surface area (Å²) in [5.41, 5.74) is 2.47. The van der Waals surface area contributed by atoms with Crippen LogP contribution in [0.1, 0.15) is 37.2 Å². The van der Waals surface area contributed by atoms with Crippen LogP contribution in [0.2, 0.25) is 15.1 Å². The molecular formula is C23H24Cl3N3O2. The minimum Gasteiger partial charge on any atom is -0.378 e. The maximum Gasteiger partial charge on any atom is 0.245 e. The fourth-order valence-corrected chi connectivity index (χ4v) is 4.57. The SMILES string of the molecule is CCC[C@@H](C(=O)N1CCOCC1)n1c(Cc2ccccc2Cl)nc2cc(Cl)c(Cl)cc21. The van der Waals surface area contributed by atoms with Gasteiger partial charge in [0.25, 0.3) is 0 Å². The molecule has 1 aliphatic rings. The van der Waals surface area contributed by atoms with Gasteiger partial charge in [-0.3, -0.25) is 4.79 Å². The summed E-state index contributed by atoms with van der Waals surface area (Å²) in [6, 6.07) is 10.9. The second-order valence-electron chi connectivity index (χ2n) is 7.66. The monoisotopic (exact) mass is 479 g/mol. The highest BCUT2D eigenvalue weighted by Crippen LogP contribution is 2.33. The van der Waals surface area contributed by atoms with Gasteiger partial charge in [0.15, 0.2) is 0 Å². The predicted molar refractivity (Wildman–Crippen MR) is 125 cm³/mol. The number of aromatic nitrogens is 2. The molecule has 0 radical (unpaired) electrons. The average molecular weight is 481 g/mol. The fourth-order valence-electron chi connectivity index (χ4n) is 4.06. The lowest BCUT2D eigenvalue weighted by Crippen LogP contribution is -2.44. The lowest BCUT2D eigenvalue weighted by molar-refractivity contribution is -0.139. The number of nitrogens with zero attached hydrogens (tertiary/aromatic N) is 3. The Kier molecular flexibility index (Phi) is 7.07. The highest BCUT2D eigenvalue weighted by atomic mass is 35.5. The molecule has 0 N–H and O–H groups in total. The van der Waals surface area contributed by atoms with Gasteiger partial charge < -0.3 is 14.2 Å². The molecule has 1 aliphatic heterocycles. The highest BCUT2D eigenvalue weighted by Gasteiger charge is 2.30. The number of amides is 1. The Balaban J connectivity index is 1.84. The van der Waals surface area contributed by atoms with Crippen molar-refractivity contribution in [1.82, 2.24) is 14.5 Å². The van der Waals surface area contributed by atoms with Crippen LogP contribution in [-0.2, 0) is 16.0 Å². The van der Waals surface area contributed by atoms with Crippen molar-refractivity contribution in [1.29, 1.82) is 0 Å². The zero-order valence-electron chi connectivity index (χ0n) is 17.3. The zero-order valence-corrected chi connectivity index (χ0v) is 19.6. The van der Waals surface area contributed by atoms with Crippen LogP contribution in [0.4, 0.5) is 0 Å². The highest BCUT2D eigenvalue weighted by molar-refractivity contribution is 6.42. The molecule has 1 amide bonds. The topological polar surface area (TPSA) is 47.4 Å². The van der Waals surface area contributed by atoms with Crippen LogP contribution >= 0.6 is 34.8 Å². The van der Waals surface area contributed by atoms with Crippen LogP contribution < -0.4 is 0 Å². The van der Waals surface area contributed by atoms with Crippen molar-refractivity contribution < 1.29 is 9.53 Å². The molecule has 0 unspecified atom stereocenters. The van der Waals surface area contributed by atoms with E-state index in [2.05, 4.69) is 6.92 Å². The first kappa shape index (κ1) is 22.4. The van der Waals surface area contributed by atoms with Gasteiger partial charge >= 0.3 is 0 Å². The third-order valence-electron chi connectivity index (χ3n) is 5.59. The molecule has 31 heavy (non-hydrogen) atoms. The average Bonchev–Trinajstić information content (AvgIpc) is 3.10. The maximum absolute atomic E-state index is 13.6. The first-order valence-corrected chi connectivity index (χ1v) is 11.6. The maximum atomic E-state index is 13.6. The van der Waals surface area contributed by atoms with Crippen LogP contribution in [0.5, 0.6) is 0 Å².